The molecule has 2 aliphatic rings. The number of carbonyl (C=O) groups is 1. The molecule has 0 bridgehead atoms. The fraction of sp³-hybridized carbons (Fsp3) is 0.367. The van der Waals surface area contributed by atoms with Gasteiger partial charge in [0.05, 0.1) is 7.11 Å². The van der Waals surface area contributed by atoms with Gasteiger partial charge in [-0.25, -0.2) is 0 Å². The lowest BCUT2D eigenvalue weighted by Crippen LogP contribution is -2.33. The Morgan fingerprint density at radius 2 is 1.72 bits per heavy atom. The number of benzene rings is 3. The lowest BCUT2D eigenvalue weighted by atomic mass is 9.95. The standard InChI is InChI=1S/C30H33NO4S/c1-21(32)29-19-23(20-36-29)28-12-6-22-18-26(33-2)11-13-27(22)30(28)35-25-9-7-24(8-10-25)34-17-16-31-14-4-3-5-15-31/h6-13,18-19,23H,3-5,14-17,20H2,1-2H3. The molecule has 1 fully saturated rings. The number of Topliss-reactive ketones (excluding diaryl/α,β-unsaturated/α-hetero) is 1. The SMILES string of the molecule is COc1ccc2c(Oc3ccc(OCCN4CCCCC4)cc3)c(C3C=C(C(C)=O)SC3)ccc2c1. The van der Waals surface area contributed by atoms with Gasteiger partial charge in [0.2, 0.25) is 0 Å². The number of likely N-dealkylation sites (tertiary alicyclic amines) is 1. The molecule has 5 rings (SSSR count). The molecule has 0 amide bonds. The normalized spacial score (nSPS) is 18.2. The van der Waals surface area contributed by atoms with Crippen molar-refractivity contribution in [3.8, 4) is 23.0 Å². The lowest BCUT2D eigenvalue weighted by molar-refractivity contribution is -0.112. The van der Waals surface area contributed by atoms with Gasteiger partial charge in [-0.3, -0.25) is 9.69 Å². The Bertz CT molecular complexity index is 1250. The second kappa shape index (κ2) is 11.4. The highest BCUT2D eigenvalue weighted by Gasteiger charge is 2.25. The maximum Gasteiger partial charge on any atom is 0.165 e. The minimum Gasteiger partial charge on any atom is -0.497 e. The van der Waals surface area contributed by atoms with E-state index in [-0.39, 0.29) is 11.7 Å². The number of ketones is 1. The maximum absolute atomic E-state index is 11.9. The van der Waals surface area contributed by atoms with Crippen molar-refractivity contribution in [3.05, 3.63) is 71.1 Å². The fourth-order valence-electron chi connectivity index (χ4n) is 4.88. The molecule has 0 saturated carbocycles. The van der Waals surface area contributed by atoms with E-state index >= 15 is 0 Å². The number of hydrogen-bond donors (Lipinski definition) is 0. The summed E-state index contributed by atoms with van der Waals surface area (Å²) in [6.07, 6.45) is 6.00. The number of methoxy groups -OCH3 is 1. The quantitative estimate of drug-likeness (QED) is 0.320. The second-order valence-electron chi connectivity index (χ2n) is 9.40. The summed E-state index contributed by atoms with van der Waals surface area (Å²) in [6.45, 7) is 5.65. The van der Waals surface area contributed by atoms with E-state index < -0.39 is 0 Å². The minimum absolute atomic E-state index is 0.117. The van der Waals surface area contributed by atoms with Crippen LogP contribution in [0.5, 0.6) is 23.0 Å². The van der Waals surface area contributed by atoms with E-state index in [0.717, 1.165) is 56.5 Å². The molecule has 0 radical (unpaired) electrons. The average molecular weight is 504 g/mol. The third kappa shape index (κ3) is 5.71. The highest BCUT2D eigenvalue weighted by molar-refractivity contribution is 8.04. The molecule has 0 N–H and O–H groups in total. The van der Waals surface area contributed by atoms with Crippen LogP contribution in [0, 0.1) is 0 Å². The summed E-state index contributed by atoms with van der Waals surface area (Å²) >= 11 is 1.62. The highest BCUT2D eigenvalue weighted by atomic mass is 32.2. The second-order valence-corrected chi connectivity index (χ2v) is 10.5. The van der Waals surface area contributed by atoms with Gasteiger partial charge >= 0.3 is 0 Å². The van der Waals surface area contributed by atoms with Gasteiger partial charge in [-0.15, -0.1) is 11.8 Å². The van der Waals surface area contributed by atoms with Crippen molar-refractivity contribution in [2.75, 3.05) is 39.1 Å². The molecule has 0 aromatic heterocycles. The molecule has 6 heteroatoms. The summed E-state index contributed by atoms with van der Waals surface area (Å²) < 4.78 is 18.0. The van der Waals surface area contributed by atoms with Gasteiger partial charge in [0.1, 0.15) is 29.6 Å². The van der Waals surface area contributed by atoms with Crippen molar-refractivity contribution in [3.63, 3.8) is 0 Å². The Kier molecular flexibility index (Phi) is 7.83. The summed E-state index contributed by atoms with van der Waals surface area (Å²) in [4.78, 5) is 15.2. The zero-order valence-corrected chi connectivity index (χ0v) is 21.8. The summed E-state index contributed by atoms with van der Waals surface area (Å²) in [5.41, 5.74) is 1.08. The number of hydrogen-bond acceptors (Lipinski definition) is 6. The molecule has 3 aromatic rings. The fourth-order valence-corrected chi connectivity index (χ4v) is 5.98. The number of nitrogens with zero attached hydrogens (tertiary/aromatic N) is 1. The summed E-state index contributed by atoms with van der Waals surface area (Å²) in [7, 11) is 1.67. The highest BCUT2D eigenvalue weighted by Crippen LogP contribution is 2.44. The van der Waals surface area contributed by atoms with Crippen LogP contribution in [0.1, 0.15) is 37.7 Å². The Morgan fingerprint density at radius 1 is 0.972 bits per heavy atom. The number of allylic oxidation sites excluding steroid dienone is 2. The molecule has 5 nitrogen and oxygen atoms in total. The van der Waals surface area contributed by atoms with Crippen LogP contribution in [0.2, 0.25) is 0 Å². The molecule has 1 unspecified atom stereocenters. The van der Waals surface area contributed by atoms with Gasteiger partial charge in [0, 0.05) is 34.1 Å². The molecule has 2 aliphatic heterocycles. The van der Waals surface area contributed by atoms with Crippen LogP contribution in [0.3, 0.4) is 0 Å². The predicted molar refractivity (Wildman–Crippen MR) is 147 cm³/mol. The first kappa shape index (κ1) is 24.7. The number of piperidine rings is 1. The molecule has 2 heterocycles. The number of carbonyl (C=O) groups excluding carboxylic acids is 1. The third-order valence-corrected chi connectivity index (χ3v) is 8.15. The van der Waals surface area contributed by atoms with Crippen molar-refractivity contribution in [2.45, 2.75) is 32.1 Å². The van der Waals surface area contributed by atoms with Gasteiger partial charge < -0.3 is 14.2 Å². The van der Waals surface area contributed by atoms with Gasteiger partial charge in [0.15, 0.2) is 5.78 Å². The number of ether oxygens (including phenoxy) is 3. The Morgan fingerprint density at radius 3 is 2.44 bits per heavy atom. The van der Waals surface area contributed by atoms with E-state index in [1.165, 1.54) is 32.4 Å². The smallest absolute Gasteiger partial charge is 0.165 e. The maximum atomic E-state index is 11.9. The van der Waals surface area contributed by atoms with Crippen molar-refractivity contribution in [1.82, 2.24) is 4.90 Å². The van der Waals surface area contributed by atoms with Gasteiger partial charge in [-0.1, -0.05) is 24.6 Å². The van der Waals surface area contributed by atoms with Crippen molar-refractivity contribution in [2.24, 2.45) is 0 Å². The van der Waals surface area contributed by atoms with Crippen LogP contribution in [0.15, 0.2) is 65.6 Å². The zero-order chi connectivity index (χ0) is 24.9. The molecule has 1 atom stereocenters. The first-order valence-corrected chi connectivity index (χ1v) is 13.7. The first-order valence-electron chi connectivity index (χ1n) is 12.7. The van der Waals surface area contributed by atoms with Crippen LogP contribution in [0.4, 0.5) is 0 Å². The van der Waals surface area contributed by atoms with E-state index in [1.54, 1.807) is 25.8 Å². The molecular formula is C30H33NO4S. The number of rotatable bonds is 9. The third-order valence-electron chi connectivity index (χ3n) is 6.89. The van der Waals surface area contributed by atoms with Crippen molar-refractivity contribution < 1.29 is 19.0 Å². The van der Waals surface area contributed by atoms with Gasteiger partial charge in [0.25, 0.3) is 0 Å². The molecule has 1 saturated heterocycles. The predicted octanol–water partition coefficient (Wildman–Crippen LogP) is 6.81. The van der Waals surface area contributed by atoms with Crippen LogP contribution in [0.25, 0.3) is 10.8 Å². The molecule has 188 valence electrons. The Labute approximate surface area is 217 Å². The van der Waals surface area contributed by atoms with Crippen LogP contribution >= 0.6 is 11.8 Å². The summed E-state index contributed by atoms with van der Waals surface area (Å²) in [5, 5.41) is 2.07. The van der Waals surface area contributed by atoms with Crippen molar-refractivity contribution in [1.29, 1.82) is 0 Å². The molecular weight excluding hydrogens is 470 g/mol. The van der Waals surface area contributed by atoms with E-state index in [4.69, 9.17) is 14.2 Å². The topological polar surface area (TPSA) is 48.0 Å². The van der Waals surface area contributed by atoms with Gasteiger partial charge in [-0.2, -0.15) is 0 Å². The van der Waals surface area contributed by atoms with Crippen LogP contribution in [-0.4, -0.2) is 49.8 Å². The first-order chi connectivity index (χ1) is 17.6. The summed E-state index contributed by atoms with van der Waals surface area (Å²) in [6, 6.07) is 18.1. The Hall–Kier alpha value is -2.96. The summed E-state index contributed by atoms with van der Waals surface area (Å²) in [5.74, 6) is 4.30. The monoisotopic (exact) mass is 503 g/mol. The van der Waals surface area contributed by atoms with Crippen LogP contribution < -0.4 is 14.2 Å². The average Bonchev–Trinajstić information content (AvgIpc) is 3.41. The molecule has 36 heavy (non-hydrogen) atoms. The van der Waals surface area contributed by atoms with Crippen LogP contribution in [-0.2, 0) is 4.79 Å². The van der Waals surface area contributed by atoms with E-state index in [9.17, 15) is 4.79 Å². The Balaban J connectivity index is 1.36. The minimum atomic E-state index is 0.117. The van der Waals surface area contributed by atoms with Gasteiger partial charge in [-0.05, 0) is 80.7 Å². The van der Waals surface area contributed by atoms with E-state index in [0.29, 0.717) is 6.61 Å². The molecule has 0 aliphatic carbocycles. The molecule has 3 aromatic carbocycles. The number of fused-ring (bicyclic) bond motifs is 1. The van der Waals surface area contributed by atoms with E-state index in [1.807, 2.05) is 42.5 Å². The molecule has 0 spiro atoms. The zero-order valence-electron chi connectivity index (χ0n) is 21.0. The lowest BCUT2D eigenvalue weighted by Gasteiger charge is -2.26. The largest absolute Gasteiger partial charge is 0.497 e. The van der Waals surface area contributed by atoms with E-state index in [2.05, 4.69) is 23.1 Å². The van der Waals surface area contributed by atoms with Crippen molar-refractivity contribution >= 4 is 28.3 Å². The number of thioether (sulfide) groups is 1.